The van der Waals surface area contributed by atoms with Gasteiger partial charge in [-0.25, -0.2) is 0 Å². The Bertz CT molecular complexity index is 649. The quantitative estimate of drug-likeness (QED) is 0.562. The van der Waals surface area contributed by atoms with E-state index in [1.807, 2.05) is 24.3 Å². The van der Waals surface area contributed by atoms with Gasteiger partial charge in [0, 0.05) is 10.8 Å². The zero-order valence-corrected chi connectivity index (χ0v) is 7.88. The molecule has 1 aromatic heterocycles. The maximum Gasteiger partial charge on any atom is 0.116 e. The highest BCUT2D eigenvalue weighted by atomic mass is 16.3. The van der Waals surface area contributed by atoms with Crippen molar-refractivity contribution >= 4 is 21.8 Å². The van der Waals surface area contributed by atoms with Crippen molar-refractivity contribution in [2.45, 2.75) is 0 Å². The lowest BCUT2D eigenvalue weighted by Crippen LogP contribution is -1.86. The topological polar surface area (TPSA) is 46.0 Å². The van der Waals surface area contributed by atoms with Crippen molar-refractivity contribution in [2.75, 3.05) is 0 Å². The monoisotopic (exact) mass is 196 g/mol. The van der Waals surface area contributed by atoms with E-state index in [9.17, 15) is 5.11 Å². The molecule has 0 saturated heterocycles. The number of fused-ring (bicyclic) bond motifs is 3. The maximum atomic E-state index is 9.44. The minimum atomic E-state index is 0.251. The molecule has 2 aromatic carbocycles. The predicted octanol–water partition coefficient (Wildman–Crippen LogP) is 2.49. The summed E-state index contributed by atoms with van der Waals surface area (Å²) in [5.74, 6) is 0.251. The molecule has 15 heavy (non-hydrogen) atoms. The third-order valence-corrected chi connectivity index (χ3v) is 2.44. The van der Waals surface area contributed by atoms with Gasteiger partial charge in [-0.3, -0.25) is 0 Å². The van der Waals surface area contributed by atoms with Crippen molar-refractivity contribution in [1.29, 1.82) is 0 Å². The van der Waals surface area contributed by atoms with Crippen LogP contribution in [0.15, 0.2) is 42.5 Å². The van der Waals surface area contributed by atoms with Crippen LogP contribution in [0.5, 0.6) is 5.75 Å². The van der Waals surface area contributed by atoms with Crippen LogP contribution in [0.2, 0.25) is 0 Å². The van der Waals surface area contributed by atoms with Crippen LogP contribution in [0.3, 0.4) is 0 Å². The first kappa shape index (κ1) is 8.17. The lowest BCUT2D eigenvalue weighted by atomic mass is 10.1. The Morgan fingerprint density at radius 3 is 2.40 bits per heavy atom. The summed E-state index contributed by atoms with van der Waals surface area (Å²) in [5.41, 5.74) is 1.64. The average molecular weight is 196 g/mol. The normalized spacial score (nSPS) is 10.9. The summed E-state index contributed by atoms with van der Waals surface area (Å²) >= 11 is 0. The summed E-state index contributed by atoms with van der Waals surface area (Å²) in [6.07, 6.45) is 0. The number of rotatable bonds is 0. The summed E-state index contributed by atoms with van der Waals surface area (Å²) in [4.78, 5) is 0. The molecule has 0 amide bonds. The van der Waals surface area contributed by atoms with Crippen molar-refractivity contribution < 1.29 is 5.11 Å². The SMILES string of the molecule is Oc1ccc2nnc3ccccc3c2c1. The molecule has 0 spiro atoms. The molecule has 0 fully saturated rings. The molecule has 3 aromatic rings. The summed E-state index contributed by atoms with van der Waals surface area (Å²) in [7, 11) is 0. The van der Waals surface area contributed by atoms with Crippen molar-refractivity contribution in [2.24, 2.45) is 0 Å². The third kappa shape index (κ3) is 1.21. The summed E-state index contributed by atoms with van der Waals surface area (Å²) in [6, 6.07) is 12.9. The average Bonchev–Trinajstić information content (AvgIpc) is 2.29. The number of hydrogen-bond acceptors (Lipinski definition) is 3. The molecular formula is C12H8N2O. The lowest BCUT2D eigenvalue weighted by Gasteiger charge is -2.01. The Morgan fingerprint density at radius 1 is 0.800 bits per heavy atom. The smallest absolute Gasteiger partial charge is 0.116 e. The van der Waals surface area contributed by atoms with Gasteiger partial charge in [0.15, 0.2) is 0 Å². The van der Waals surface area contributed by atoms with Gasteiger partial charge >= 0.3 is 0 Å². The fourth-order valence-electron chi connectivity index (χ4n) is 1.72. The molecule has 3 heteroatoms. The summed E-state index contributed by atoms with van der Waals surface area (Å²) in [5, 5.41) is 19.6. The summed E-state index contributed by atoms with van der Waals surface area (Å²) in [6.45, 7) is 0. The standard InChI is InChI=1S/C12H8N2O/c15-8-5-6-12-10(7-8)9-3-1-2-4-11(9)13-14-12/h1-7,15H. The third-order valence-electron chi connectivity index (χ3n) is 2.44. The molecule has 1 N–H and O–H groups in total. The highest BCUT2D eigenvalue weighted by Crippen LogP contribution is 2.24. The Hall–Kier alpha value is -2.16. The van der Waals surface area contributed by atoms with Gasteiger partial charge < -0.3 is 5.11 Å². The van der Waals surface area contributed by atoms with E-state index in [0.29, 0.717) is 0 Å². The van der Waals surface area contributed by atoms with Crippen LogP contribution in [0.1, 0.15) is 0 Å². The molecule has 0 radical (unpaired) electrons. The molecule has 3 nitrogen and oxygen atoms in total. The van der Waals surface area contributed by atoms with Gasteiger partial charge in [-0.15, -0.1) is 10.2 Å². The van der Waals surface area contributed by atoms with E-state index in [2.05, 4.69) is 10.2 Å². The summed E-state index contributed by atoms with van der Waals surface area (Å²) < 4.78 is 0. The van der Waals surface area contributed by atoms with E-state index in [4.69, 9.17) is 0 Å². The maximum absolute atomic E-state index is 9.44. The molecule has 3 rings (SSSR count). The second-order valence-electron chi connectivity index (χ2n) is 3.42. The van der Waals surface area contributed by atoms with Gasteiger partial charge in [0.2, 0.25) is 0 Å². The molecule has 0 aliphatic rings. The van der Waals surface area contributed by atoms with E-state index in [-0.39, 0.29) is 5.75 Å². The zero-order valence-electron chi connectivity index (χ0n) is 7.88. The van der Waals surface area contributed by atoms with Crippen LogP contribution in [-0.2, 0) is 0 Å². The first-order valence-corrected chi connectivity index (χ1v) is 4.69. The minimum Gasteiger partial charge on any atom is -0.508 e. The number of nitrogens with zero attached hydrogens (tertiary/aromatic N) is 2. The Morgan fingerprint density at radius 2 is 1.53 bits per heavy atom. The number of aromatic nitrogens is 2. The van der Waals surface area contributed by atoms with Gasteiger partial charge in [0.25, 0.3) is 0 Å². The van der Waals surface area contributed by atoms with Crippen LogP contribution < -0.4 is 0 Å². The lowest BCUT2D eigenvalue weighted by molar-refractivity contribution is 0.476. The van der Waals surface area contributed by atoms with Crippen LogP contribution in [0.4, 0.5) is 0 Å². The number of aromatic hydroxyl groups is 1. The van der Waals surface area contributed by atoms with Crippen LogP contribution in [0, 0.1) is 0 Å². The van der Waals surface area contributed by atoms with Crippen molar-refractivity contribution in [1.82, 2.24) is 10.2 Å². The predicted molar refractivity (Wildman–Crippen MR) is 58.7 cm³/mol. The molecular weight excluding hydrogens is 188 g/mol. The minimum absolute atomic E-state index is 0.251. The van der Waals surface area contributed by atoms with Gasteiger partial charge in [0.1, 0.15) is 5.75 Å². The van der Waals surface area contributed by atoms with Gasteiger partial charge in [0.05, 0.1) is 11.0 Å². The van der Waals surface area contributed by atoms with E-state index in [1.165, 1.54) is 0 Å². The van der Waals surface area contributed by atoms with E-state index in [0.717, 1.165) is 21.8 Å². The molecule has 0 saturated carbocycles. The highest BCUT2D eigenvalue weighted by Gasteiger charge is 2.02. The largest absolute Gasteiger partial charge is 0.508 e. The second-order valence-corrected chi connectivity index (χ2v) is 3.42. The second kappa shape index (κ2) is 2.92. The molecule has 72 valence electrons. The van der Waals surface area contributed by atoms with Gasteiger partial charge in [-0.1, -0.05) is 18.2 Å². The Labute approximate surface area is 86.0 Å². The Kier molecular flexibility index (Phi) is 1.59. The van der Waals surface area contributed by atoms with E-state index in [1.54, 1.807) is 18.2 Å². The van der Waals surface area contributed by atoms with Crippen LogP contribution >= 0.6 is 0 Å². The number of hydrogen-bond donors (Lipinski definition) is 1. The molecule has 0 unspecified atom stereocenters. The molecule has 0 aliphatic heterocycles. The van der Waals surface area contributed by atoms with E-state index < -0.39 is 0 Å². The fourth-order valence-corrected chi connectivity index (χ4v) is 1.72. The first-order valence-electron chi connectivity index (χ1n) is 4.69. The van der Waals surface area contributed by atoms with Gasteiger partial charge in [-0.05, 0) is 24.3 Å². The number of phenols is 1. The molecule has 0 bridgehead atoms. The van der Waals surface area contributed by atoms with E-state index >= 15 is 0 Å². The molecule has 1 heterocycles. The molecule has 0 aliphatic carbocycles. The number of phenolic OH excluding ortho intramolecular Hbond substituents is 1. The Balaban J connectivity index is 2.57. The van der Waals surface area contributed by atoms with Gasteiger partial charge in [-0.2, -0.15) is 0 Å². The highest BCUT2D eigenvalue weighted by molar-refractivity contribution is 6.03. The van der Waals surface area contributed by atoms with Crippen molar-refractivity contribution in [3.63, 3.8) is 0 Å². The fraction of sp³-hybridized carbons (Fsp3) is 0. The van der Waals surface area contributed by atoms with Crippen molar-refractivity contribution in [3.8, 4) is 5.75 Å². The van der Waals surface area contributed by atoms with Crippen molar-refractivity contribution in [3.05, 3.63) is 42.5 Å². The zero-order chi connectivity index (χ0) is 10.3. The number of benzene rings is 2. The first-order chi connectivity index (χ1) is 7.34. The van der Waals surface area contributed by atoms with Crippen LogP contribution in [0.25, 0.3) is 21.8 Å². The molecule has 0 atom stereocenters. The van der Waals surface area contributed by atoms with Crippen LogP contribution in [-0.4, -0.2) is 15.3 Å².